The molecule has 1 fully saturated rings. The monoisotopic (exact) mass is 306 g/mol. The summed E-state index contributed by atoms with van der Waals surface area (Å²) in [5.41, 5.74) is 6.34. The number of rotatable bonds is 3. The first-order valence-electron chi connectivity index (χ1n) is 7.27. The summed E-state index contributed by atoms with van der Waals surface area (Å²) in [7, 11) is 0. The van der Waals surface area contributed by atoms with Crippen molar-refractivity contribution in [3.63, 3.8) is 0 Å². The van der Waals surface area contributed by atoms with Crippen molar-refractivity contribution in [3.8, 4) is 5.75 Å². The highest BCUT2D eigenvalue weighted by Crippen LogP contribution is 2.33. The lowest BCUT2D eigenvalue weighted by Crippen LogP contribution is -2.58. The molecule has 1 aliphatic rings. The van der Waals surface area contributed by atoms with Gasteiger partial charge < -0.3 is 16.2 Å². The fourth-order valence-electron chi connectivity index (χ4n) is 2.84. The van der Waals surface area contributed by atoms with Gasteiger partial charge in [0.05, 0.1) is 10.5 Å². The average Bonchev–Trinajstić information content (AvgIpc) is 2.44. The number of hydrogen-bond donors (Lipinski definition) is 3. The lowest BCUT2D eigenvalue weighted by atomic mass is 9.77. The maximum atomic E-state index is 12.5. The molecule has 0 spiro atoms. The molecule has 0 unspecified atom stereocenters. The van der Waals surface area contributed by atoms with E-state index in [1.165, 1.54) is 0 Å². The molecular formula is C16H22N2O2S. The minimum absolute atomic E-state index is 0.115. The van der Waals surface area contributed by atoms with E-state index in [-0.39, 0.29) is 11.7 Å². The van der Waals surface area contributed by atoms with Crippen LogP contribution in [0.1, 0.15) is 48.5 Å². The molecule has 0 atom stereocenters. The van der Waals surface area contributed by atoms with Crippen LogP contribution in [0.3, 0.4) is 0 Å². The number of benzene rings is 1. The summed E-state index contributed by atoms with van der Waals surface area (Å²) in [5.74, 6) is 0.516. The van der Waals surface area contributed by atoms with Crippen molar-refractivity contribution in [3.05, 3.63) is 29.3 Å². The van der Waals surface area contributed by atoms with Crippen molar-refractivity contribution in [1.82, 2.24) is 5.32 Å². The van der Waals surface area contributed by atoms with Gasteiger partial charge in [-0.2, -0.15) is 0 Å². The van der Waals surface area contributed by atoms with E-state index in [4.69, 9.17) is 18.0 Å². The maximum absolute atomic E-state index is 12.5. The fourth-order valence-corrected chi connectivity index (χ4v) is 3.10. The smallest absolute Gasteiger partial charge is 0.252 e. The Morgan fingerprint density at radius 2 is 2.05 bits per heavy atom. The first kappa shape index (κ1) is 15.8. The highest BCUT2D eigenvalue weighted by Gasteiger charge is 2.38. The van der Waals surface area contributed by atoms with Gasteiger partial charge in [0.1, 0.15) is 5.75 Å². The Morgan fingerprint density at radius 3 is 2.62 bits per heavy atom. The normalized spacial score (nSPS) is 25.3. The Kier molecular flexibility index (Phi) is 4.52. The van der Waals surface area contributed by atoms with Crippen molar-refractivity contribution in [2.75, 3.05) is 0 Å². The summed E-state index contributed by atoms with van der Waals surface area (Å²) in [4.78, 5) is 12.9. The summed E-state index contributed by atoms with van der Waals surface area (Å²) in [5, 5.41) is 12.8. The van der Waals surface area contributed by atoms with Crippen LogP contribution in [-0.2, 0) is 0 Å². The molecule has 0 radical (unpaired) electrons. The Hall–Kier alpha value is -1.62. The van der Waals surface area contributed by atoms with Gasteiger partial charge in [0, 0.05) is 11.1 Å². The highest BCUT2D eigenvalue weighted by molar-refractivity contribution is 7.80. The standard InChI is InChI=1S/C16H22N2O2S/c1-10-6-8-16(9-7-10,15(17)21)18-14(20)12-4-3-5-13(19)11(12)2/h3-5,10,19H,6-9H2,1-2H3,(H2,17,21)(H,18,20). The molecule has 5 heteroatoms. The van der Waals surface area contributed by atoms with E-state index in [0.29, 0.717) is 22.0 Å². The summed E-state index contributed by atoms with van der Waals surface area (Å²) in [6.45, 7) is 3.92. The molecular weight excluding hydrogens is 284 g/mol. The molecule has 0 aromatic heterocycles. The van der Waals surface area contributed by atoms with E-state index in [1.807, 2.05) is 0 Å². The third-order valence-electron chi connectivity index (χ3n) is 4.50. The van der Waals surface area contributed by atoms with Gasteiger partial charge in [0.15, 0.2) is 0 Å². The van der Waals surface area contributed by atoms with Gasteiger partial charge in [-0.05, 0) is 50.7 Å². The van der Waals surface area contributed by atoms with Gasteiger partial charge in [0.25, 0.3) is 5.91 Å². The number of carbonyl (C=O) groups excluding carboxylic acids is 1. The predicted octanol–water partition coefficient (Wildman–Crippen LogP) is 2.67. The molecule has 1 aromatic carbocycles. The first-order valence-corrected chi connectivity index (χ1v) is 7.67. The van der Waals surface area contributed by atoms with Gasteiger partial charge >= 0.3 is 0 Å². The molecule has 0 saturated heterocycles. The molecule has 0 heterocycles. The number of thiocarbonyl (C=S) groups is 1. The largest absolute Gasteiger partial charge is 0.508 e. The summed E-state index contributed by atoms with van der Waals surface area (Å²) < 4.78 is 0. The molecule has 21 heavy (non-hydrogen) atoms. The predicted molar refractivity (Wildman–Crippen MR) is 87.5 cm³/mol. The van der Waals surface area contributed by atoms with Gasteiger partial charge in [-0.1, -0.05) is 25.2 Å². The second kappa shape index (κ2) is 6.02. The molecule has 1 aliphatic carbocycles. The molecule has 2 rings (SSSR count). The van der Waals surface area contributed by atoms with Crippen LogP contribution in [0.25, 0.3) is 0 Å². The fraction of sp³-hybridized carbons (Fsp3) is 0.500. The highest BCUT2D eigenvalue weighted by atomic mass is 32.1. The molecule has 1 aromatic rings. The van der Waals surface area contributed by atoms with Crippen molar-refractivity contribution in [1.29, 1.82) is 0 Å². The zero-order valence-electron chi connectivity index (χ0n) is 12.5. The van der Waals surface area contributed by atoms with Gasteiger partial charge in [-0.25, -0.2) is 0 Å². The van der Waals surface area contributed by atoms with E-state index >= 15 is 0 Å². The van der Waals surface area contributed by atoms with Crippen LogP contribution in [0.15, 0.2) is 18.2 Å². The number of carbonyl (C=O) groups is 1. The summed E-state index contributed by atoms with van der Waals surface area (Å²) in [6.07, 6.45) is 3.54. The van der Waals surface area contributed by atoms with Crippen molar-refractivity contribution >= 4 is 23.1 Å². The van der Waals surface area contributed by atoms with E-state index in [9.17, 15) is 9.90 Å². The zero-order valence-corrected chi connectivity index (χ0v) is 13.3. The second-order valence-corrected chi connectivity index (χ2v) is 6.47. The van der Waals surface area contributed by atoms with Crippen LogP contribution in [-0.4, -0.2) is 21.5 Å². The lowest BCUT2D eigenvalue weighted by molar-refractivity contribution is 0.0899. The van der Waals surface area contributed by atoms with Crippen molar-refractivity contribution in [2.24, 2.45) is 11.7 Å². The molecule has 114 valence electrons. The van der Waals surface area contributed by atoms with Gasteiger partial charge in [0.2, 0.25) is 0 Å². The van der Waals surface area contributed by atoms with E-state index in [0.717, 1.165) is 25.7 Å². The average molecular weight is 306 g/mol. The molecule has 0 aliphatic heterocycles. The number of hydrogen-bond acceptors (Lipinski definition) is 3. The van der Waals surface area contributed by atoms with Gasteiger partial charge in [-0.3, -0.25) is 4.79 Å². The minimum atomic E-state index is -0.600. The lowest BCUT2D eigenvalue weighted by Gasteiger charge is -2.39. The molecule has 1 amide bonds. The van der Waals surface area contributed by atoms with E-state index in [1.54, 1.807) is 25.1 Å². The number of aromatic hydroxyl groups is 1. The van der Waals surface area contributed by atoms with Crippen molar-refractivity contribution in [2.45, 2.75) is 45.1 Å². The van der Waals surface area contributed by atoms with Crippen LogP contribution < -0.4 is 11.1 Å². The Bertz CT molecular complexity index is 563. The minimum Gasteiger partial charge on any atom is -0.508 e. The number of nitrogens with two attached hydrogens (primary N) is 1. The zero-order chi connectivity index (χ0) is 15.6. The first-order chi connectivity index (χ1) is 9.85. The maximum Gasteiger partial charge on any atom is 0.252 e. The topological polar surface area (TPSA) is 75.3 Å². The molecule has 4 nitrogen and oxygen atoms in total. The number of phenolic OH excluding ortho intramolecular Hbond substituents is 1. The summed E-state index contributed by atoms with van der Waals surface area (Å²) in [6, 6.07) is 4.93. The van der Waals surface area contributed by atoms with Crippen LogP contribution >= 0.6 is 12.2 Å². The van der Waals surface area contributed by atoms with Crippen LogP contribution in [0.5, 0.6) is 5.75 Å². The number of amides is 1. The number of phenols is 1. The van der Waals surface area contributed by atoms with Crippen LogP contribution in [0.2, 0.25) is 0 Å². The van der Waals surface area contributed by atoms with Crippen molar-refractivity contribution < 1.29 is 9.90 Å². The third kappa shape index (κ3) is 3.18. The van der Waals surface area contributed by atoms with E-state index in [2.05, 4.69) is 12.2 Å². The summed E-state index contributed by atoms with van der Waals surface area (Å²) >= 11 is 5.21. The SMILES string of the molecule is Cc1c(O)cccc1C(=O)NC1(C(N)=S)CCC(C)CC1. The Morgan fingerprint density at radius 1 is 1.43 bits per heavy atom. The third-order valence-corrected chi connectivity index (χ3v) is 4.89. The second-order valence-electron chi connectivity index (χ2n) is 6.03. The Labute approximate surface area is 130 Å². The molecule has 4 N–H and O–H groups in total. The molecule has 0 bridgehead atoms. The van der Waals surface area contributed by atoms with E-state index < -0.39 is 5.54 Å². The van der Waals surface area contributed by atoms with Crippen LogP contribution in [0.4, 0.5) is 0 Å². The van der Waals surface area contributed by atoms with Crippen LogP contribution in [0, 0.1) is 12.8 Å². The quantitative estimate of drug-likeness (QED) is 0.751. The Balaban J connectivity index is 2.23. The molecule has 1 saturated carbocycles. The van der Waals surface area contributed by atoms with Gasteiger partial charge in [-0.15, -0.1) is 0 Å². The number of nitrogens with one attached hydrogen (secondary N) is 1.